The van der Waals surface area contributed by atoms with Crippen LogP contribution in [0.15, 0.2) is 36.4 Å². The van der Waals surface area contributed by atoms with Crippen LogP contribution >= 0.6 is 0 Å². The predicted octanol–water partition coefficient (Wildman–Crippen LogP) is 4.67. The van der Waals surface area contributed by atoms with E-state index in [9.17, 15) is 22.7 Å². The number of nitrogens with one attached hydrogen (secondary N) is 1. The standard InChI is InChI=1S/C21H20F4N4O/c1-29-9-3-4-13(11-29)26-20-18-15(5-2-6-16(18)22)19(27-28-20)14-8-7-12(10-17(14)30)21(23,24)25/h2,5-8,10,13,30H,3-4,9,11H2,1H3,(H,26,28)/t13-/m1/s1. The van der Waals surface area contributed by atoms with Gasteiger partial charge in [-0.1, -0.05) is 12.1 Å². The first-order chi connectivity index (χ1) is 14.2. The quantitative estimate of drug-likeness (QED) is 0.604. The minimum atomic E-state index is -4.59. The summed E-state index contributed by atoms with van der Waals surface area (Å²) < 4.78 is 53.5. The van der Waals surface area contributed by atoms with Crippen molar-refractivity contribution in [1.82, 2.24) is 15.1 Å². The fraction of sp³-hybridized carbons (Fsp3) is 0.333. The van der Waals surface area contributed by atoms with Crippen molar-refractivity contribution in [2.45, 2.75) is 25.1 Å². The lowest BCUT2D eigenvalue weighted by molar-refractivity contribution is -0.137. The van der Waals surface area contributed by atoms with Crippen molar-refractivity contribution < 1.29 is 22.7 Å². The van der Waals surface area contributed by atoms with Gasteiger partial charge in [0.05, 0.1) is 10.9 Å². The van der Waals surface area contributed by atoms with Crippen LogP contribution in [0, 0.1) is 5.82 Å². The van der Waals surface area contributed by atoms with Crippen LogP contribution in [0.3, 0.4) is 0 Å². The van der Waals surface area contributed by atoms with Crippen LogP contribution in [-0.4, -0.2) is 46.4 Å². The first kappa shape index (κ1) is 20.3. The molecule has 0 amide bonds. The lowest BCUT2D eigenvalue weighted by atomic mass is 10.0. The molecule has 9 heteroatoms. The zero-order valence-electron chi connectivity index (χ0n) is 16.2. The number of alkyl halides is 3. The molecule has 0 unspecified atom stereocenters. The molecule has 1 atom stereocenters. The number of likely N-dealkylation sites (tertiary alicyclic amines) is 1. The average molecular weight is 420 g/mol. The number of rotatable bonds is 3. The van der Waals surface area contributed by atoms with Crippen LogP contribution in [0.2, 0.25) is 0 Å². The first-order valence-electron chi connectivity index (χ1n) is 9.54. The van der Waals surface area contributed by atoms with Gasteiger partial charge in [0, 0.05) is 23.5 Å². The van der Waals surface area contributed by atoms with Gasteiger partial charge in [-0.15, -0.1) is 10.2 Å². The molecule has 2 N–H and O–H groups in total. The monoisotopic (exact) mass is 420 g/mol. The molecule has 1 fully saturated rings. The number of nitrogens with zero attached hydrogens (tertiary/aromatic N) is 3. The summed E-state index contributed by atoms with van der Waals surface area (Å²) >= 11 is 0. The van der Waals surface area contributed by atoms with Gasteiger partial charge in [-0.3, -0.25) is 0 Å². The second-order valence-electron chi connectivity index (χ2n) is 7.54. The fourth-order valence-corrected chi connectivity index (χ4v) is 3.85. The van der Waals surface area contributed by atoms with Crippen LogP contribution in [-0.2, 0) is 6.18 Å². The van der Waals surface area contributed by atoms with Crippen LogP contribution in [0.4, 0.5) is 23.4 Å². The molecule has 1 saturated heterocycles. The highest BCUT2D eigenvalue weighted by Crippen LogP contribution is 2.39. The Balaban J connectivity index is 1.79. The lowest BCUT2D eigenvalue weighted by Gasteiger charge is -2.30. The van der Waals surface area contributed by atoms with E-state index < -0.39 is 23.3 Å². The fourth-order valence-electron chi connectivity index (χ4n) is 3.85. The third-order valence-electron chi connectivity index (χ3n) is 5.30. The molecular weight excluding hydrogens is 400 g/mol. The predicted molar refractivity (Wildman–Crippen MR) is 106 cm³/mol. The Hall–Kier alpha value is -2.94. The maximum atomic E-state index is 14.8. The summed E-state index contributed by atoms with van der Waals surface area (Å²) in [5.74, 6) is -0.848. The Morgan fingerprint density at radius 2 is 1.97 bits per heavy atom. The van der Waals surface area contributed by atoms with E-state index in [0.717, 1.165) is 38.1 Å². The highest BCUT2D eigenvalue weighted by molar-refractivity contribution is 6.01. The molecule has 0 bridgehead atoms. The molecule has 0 aliphatic carbocycles. The van der Waals surface area contributed by atoms with Gasteiger partial charge >= 0.3 is 6.18 Å². The second kappa shape index (κ2) is 7.71. The molecule has 2 heterocycles. The number of hydrogen-bond acceptors (Lipinski definition) is 5. The number of benzene rings is 2. The van der Waals surface area contributed by atoms with E-state index in [-0.39, 0.29) is 28.5 Å². The third kappa shape index (κ3) is 3.89. The molecule has 5 nitrogen and oxygen atoms in total. The summed E-state index contributed by atoms with van der Waals surface area (Å²) in [6.45, 7) is 1.77. The highest BCUT2D eigenvalue weighted by atomic mass is 19.4. The van der Waals surface area contributed by atoms with Crippen molar-refractivity contribution in [3.8, 4) is 17.0 Å². The molecule has 158 valence electrons. The van der Waals surface area contributed by atoms with E-state index in [1.807, 2.05) is 7.05 Å². The molecule has 1 aliphatic rings. The Morgan fingerprint density at radius 3 is 2.67 bits per heavy atom. The number of phenols is 1. The zero-order chi connectivity index (χ0) is 21.5. The lowest BCUT2D eigenvalue weighted by Crippen LogP contribution is -2.40. The summed E-state index contributed by atoms with van der Waals surface area (Å²) in [6, 6.07) is 7.07. The number of aromatic hydroxyl groups is 1. The number of piperidine rings is 1. The number of halogens is 4. The molecule has 30 heavy (non-hydrogen) atoms. The largest absolute Gasteiger partial charge is 0.507 e. The molecule has 0 spiro atoms. The SMILES string of the molecule is CN1CCC[C@@H](Nc2nnc(-c3ccc(C(F)(F)F)cc3O)c3cccc(F)c23)C1. The van der Waals surface area contributed by atoms with Gasteiger partial charge in [0.1, 0.15) is 17.3 Å². The molecule has 0 radical (unpaired) electrons. The van der Waals surface area contributed by atoms with Crippen molar-refractivity contribution in [3.63, 3.8) is 0 Å². The smallest absolute Gasteiger partial charge is 0.416 e. The van der Waals surface area contributed by atoms with E-state index >= 15 is 0 Å². The van der Waals surface area contributed by atoms with Gasteiger partial charge in [-0.25, -0.2) is 4.39 Å². The molecule has 1 aromatic heterocycles. The number of aromatic nitrogens is 2. The van der Waals surface area contributed by atoms with E-state index in [1.54, 1.807) is 6.07 Å². The summed E-state index contributed by atoms with van der Waals surface area (Å²) in [5, 5.41) is 22.3. The molecule has 0 saturated carbocycles. The summed E-state index contributed by atoms with van der Waals surface area (Å²) in [5.41, 5.74) is -0.816. The van der Waals surface area contributed by atoms with Crippen molar-refractivity contribution in [2.75, 3.05) is 25.5 Å². The minimum absolute atomic E-state index is 0.0510. The van der Waals surface area contributed by atoms with E-state index in [4.69, 9.17) is 0 Å². The number of phenolic OH excluding ortho intramolecular Hbond substituents is 1. The summed E-state index contributed by atoms with van der Waals surface area (Å²) in [7, 11) is 2.01. The van der Waals surface area contributed by atoms with Crippen LogP contribution in [0.5, 0.6) is 5.75 Å². The Kier molecular flexibility index (Phi) is 5.23. The number of likely N-dealkylation sites (N-methyl/N-ethyl adjacent to an activating group) is 1. The van der Waals surface area contributed by atoms with Crippen LogP contribution < -0.4 is 5.32 Å². The Morgan fingerprint density at radius 1 is 1.17 bits per heavy atom. The summed E-state index contributed by atoms with van der Waals surface area (Å²) in [6.07, 6.45) is -2.68. The zero-order valence-corrected chi connectivity index (χ0v) is 16.2. The number of fused-ring (bicyclic) bond motifs is 1. The summed E-state index contributed by atoms with van der Waals surface area (Å²) in [4.78, 5) is 2.17. The average Bonchev–Trinajstić information content (AvgIpc) is 2.68. The highest BCUT2D eigenvalue weighted by Gasteiger charge is 2.31. The van der Waals surface area contributed by atoms with E-state index in [1.165, 1.54) is 12.1 Å². The van der Waals surface area contributed by atoms with Gasteiger partial charge in [0.2, 0.25) is 0 Å². The van der Waals surface area contributed by atoms with Crippen molar-refractivity contribution in [2.24, 2.45) is 0 Å². The van der Waals surface area contributed by atoms with E-state index in [0.29, 0.717) is 11.5 Å². The molecule has 3 aromatic rings. The van der Waals surface area contributed by atoms with Crippen LogP contribution in [0.1, 0.15) is 18.4 Å². The maximum absolute atomic E-state index is 14.8. The van der Waals surface area contributed by atoms with Gasteiger partial charge in [0.15, 0.2) is 5.82 Å². The number of hydrogen-bond donors (Lipinski definition) is 2. The normalized spacial score (nSPS) is 18.0. The van der Waals surface area contributed by atoms with Crippen LogP contribution in [0.25, 0.3) is 22.0 Å². The topological polar surface area (TPSA) is 61.3 Å². The molecular formula is C21H20F4N4O. The van der Waals surface area contributed by atoms with Gasteiger partial charge < -0.3 is 15.3 Å². The molecule has 4 rings (SSSR count). The second-order valence-corrected chi connectivity index (χ2v) is 7.54. The van der Waals surface area contributed by atoms with E-state index in [2.05, 4.69) is 20.4 Å². The third-order valence-corrected chi connectivity index (χ3v) is 5.30. The minimum Gasteiger partial charge on any atom is -0.507 e. The maximum Gasteiger partial charge on any atom is 0.416 e. The Bertz CT molecular complexity index is 1090. The van der Waals surface area contributed by atoms with Gasteiger partial charge in [0.25, 0.3) is 0 Å². The van der Waals surface area contributed by atoms with Crippen molar-refractivity contribution >= 4 is 16.6 Å². The van der Waals surface area contributed by atoms with Gasteiger partial charge in [-0.05, 0) is 50.7 Å². The van der Waals surface area contributed by atoms with Crippen molar-refractivity contribution in [1.29, 1.82) is 0 Å². The van der Waals surface area contributed by atoms with Gasteiger partial charge in [-0.2, -0.15) is 13.2 Å². The first-order valence-corrected chi connectivity index (χ1v) is 9.54. The molecule has 2 aromatic carbocycles. The van der Waals surface area contributed by atoms with Crippen molar-refractivity contribution in [3.05, 3.63) is 47.8 Å². The Labute approximate surface area is 170 Å². The number of anilines is 1. The molecule has 1 aliphatic heterocycles.